The van der Waals surface area contributed by atoms with Gasteiger partial charge in [-0.2, -0.15) is 10.2 Å². The van der Waals surface area contributed by atoms with Crippen molar-refractivity contribution in [2.24, 2.45) is 4.99 Å². The Bertz CT molecular complexity index is 966. The maximum Gasteiger partial charge on any atom is 0.258 e. The highest BCUT2D eigenvalue weighted by Crippen LogP contribution is 2.25. The molecule has 0 aliphatic carbocycles. The van der Waals surface area contributed by atoms with Crippen LogP contribution < -0.4 is 4.90 Å². The van der Waals surface area contributed by atoms with Crippen LogP contribution in [0, 0.1) is 0 Å². The summed E-state index contributed by atoms with van der Waals surface area (Å²) in [4.78, 5) is 19.3. The van der Waals surface area contributed by atoms with E-state index in [2.05, 4.69) is 15.2 Å². The van der Waals surface area contributed by atoms with Crippen LogP contribution >= 0.6 is 0 Å². The number of aromatic nitrogens is 2. The minimum Gasteiger partial charge on any atom is -0.300 e. The van der Waals surface area contributed by atoms with E-state index < -0.39 is 0 Å². The first-order chi connectivity index (χ1) is 12.3. The highest BCUT2D eigenvalue weighted by molar-refractivity contribution is 6.07. The number of anilines is 1. The van der Waals surface area contributed by atoms with Crippen molar-refractivity contribution < 1.29 is 4.79 Å². The van der Waals surface area contributed by atoms with Crippen molar-refractivity contribution in [3.63, 3.8) is 0 Å². The molecule has 1 aliphatic heterocycles. The summed E-state index contributed by atoms with van der Waals surface area (Å²) in [5, 5.41) is 9.77. The van der Waals surface area contributed by atoms with Crippen LogP contribution in [0.4, 0.5) is 5.69 Å². The molecule has 0 spiro atoms. The van der Waals surface area contributed by atoms with Gasteiger partial charge < -0.3 is 0 Å². The minimum atomic E-state index is -0.120. The quantitative estimate of drug-likeness (QED) is 0.741. The number of fused-ring (bicyclic) bond motifs is 1. The summed E-state index contributed by atoms with van der Waals surface area (Å²) < 4.78 is 0. The zero-order valence-electron chi connectivity index (χ0n) is 13.5. The largest absolute Gasteiger partial charge is 0.300 e. The zero-order chi connectivity index (χ0) is 17.1. The molecule has 5 heteroatoms. The first kappa shape index (κ1) is 15.2. The molecular weight excluding hydrogens is 312 g/mol. The van der Waals surface area contributed by atoms with E-state index in [1.165, 1.54) is 0 Å². The lowest BCUT2D eigenvalue weighted by Gasteiger charge is -2.30. The topological polar surface area (TPSA) is 58.5 Å². The number of nitrogens with zero attached hydrogens (tertiary/aromatic N) is 4. The number of hydrogen-bond donors (Lipinski definition) is 0. The lowest BCUT2D eigenvalue weighted by molar-refractivity contribution is 0.0981. The molecule has 1 aliphatic rings. The molecule has 0 bridgehead atoms. The first-order valence-electron chi connectivity index (χ1n) is 8.08. The van der Waals surface area contributed by atoms with Gasteiger partial charge in [-0.15, -0.1) is 0 Å². The van der Waals surface area contributed by atoms with Gasteiger partial charge in [-0.3, -0.25) is 14.7 Å². The van der Waals surface area contributed by atoms with Crippen LogP contribution in [-0.4, -0.2) is 34.9 Å². The molecule has 2 aromatic carbocycles. The van der Waals surface area contributed by atoms with Gasteiger partial charge in [0.25, 0.3) is 5.91 Å². The van der Waals surface area contributed by atoms with Crippen molar-refractivity contribution >= 4 is 28.6 Å². The number of carbonyl (C=O) groups excluding carboxylic acids is 1. The summed E-state index contributed by atoms with van der Waals surface area (Å²) >= 11 is 0. The Balaban J connectivity index is 1.80. The number of amides is 1. The molecule has 122 valence electrons. The number of dihydropyridines is 1. The fraction of sp³-hybridized carbons (Fsp3) is 0.100. The minimum absolute atomic E-state index is 0.0475. The average molecular weight is 328 g/mol. The second-order valence-electron chi connectivity index (χ2n) is 5.81. The summed E-state index contributed by atoms with van der Waals surface area (Å²) in [6, 6.07) is 15.1. The van der Waals surface area contributed by atoms with E-state index in [0.29, 0.717) is 12.1 Å². The monoisotopic (exact) mass is 328 g/mol. The van der Waals surface area contributed by atoms with Crippen molar-refractivity contribution in [3.05, 3.63) is 78.6 Å². The maximum absolute atomic E-state index is 13.2. The molecule has 2 heterocycles. The van der Waals surface area contributed by atoms with E-state index in [4.69, 9.17) is 0 Å². The van der Waals surface area contributed by atoms with Crippen LogP contribution in [0.15, 0.2) is 78.1 Å². The zero-order valence-corrected chi connectivity index (χ0v) is 13.5. The summed E-state index contributed by atoms with van der Waals surface area (Å²) in [5.74, 6) is -0.0475. The molecule has 1 atom stereocenters. The third kappa shape index (κ3) is 3.04. The Morgan fingerprint density at radius 1 is 1.00 bits per heavy atom. The van der Waals surface area contributed by atoms with E-state index in [0.717, 1.165) is 16.5 Å². The van der Waals surface area contributed by atoms with E-state index in [9.17, 15) is 4.79 Å². The van der Waals surface area contributed by atoms with Crippen molar-refractivity contribution in [2.75, 3.05) is 11.4 Å². The van der Waals surface area contributed by atoms with Crippen LogP contribution in [-0.2, 0) is 0 Å². The number of aliphatic imine (C=N–C) groups is 1. The smallest absolute Gasteiger partial charge is 0.258 e. The molecule has 1 unspecified atom stereocenters. The molecule has 0 saturated carbocycles. The summed E-state index contributed by atoms with van der Waals surface area (Å²) in [5.41, 5.74) is 1.47. The molecule has 0 radical (unpaired) electrons. The Hall–Kier alpha value is -3.34. The van der Waals surface area contributed by atoms with Crippen molar-refractivity contribution in [1.29, 1.82) is 0 Å². The first-order valence-corrected chi connectivity index (χ1v) is 8.08. The van der Waals surface area contributed by atoms with Gasteiger partial charge in [-0.1, -0.05) is 30.3 Å². The van der Waals surface area contributed by atoms with Gasteiger partial charge in [0.05, 0.1) is 25.0 Å². The predicted octanol–water partition coefficient (Wildman–Crippen LogP) is 3.29. The number of benzene rings is 2. The Morgan fingerprint density at radius 2 is 1.80 bits per heavy atom. The molecular formula is C20H16N4O. The van der Waals surface area contributed by atoms with Gasteiger partial charge in [0.15, 0.2) is 0 Å². The molecule has 5 nitrogen and oxygen atoms in total. The highest BCUT2D eigenvalue weighted by atomic mass is 16.2. The molecule has 0 N–H and O–H groups in total. The standard InChI is InChI=1S/C20H16N4O/c25-20(15-5-2-1-3-6-15)24(19-7-4-10-21-14-19)18-9-8-16-12-22-23-13-17(16)11-18/h1-13,19H,14H2. The predicted molar refractivity (Wildman–Crippen MR) is 99.1 cm³/mol. The van der Waals surface area contributed by atoms with Crippen molar-refractivity contribution in [2.45, 2.75) is 6.04 Å². The Morgan fingerprint density at radius 3 is 2.56 bits per heavy atom. The van der Waals surface area contributed by atoms with Crippen LogP contribution in [0.25, 0.3) is 10.8 Å². The second kappa shape index (κ2) is 6.65. The normalized spacial score (nSPS) is 16.1. The number of allylic oxidation sites excluding steroid dienone is 1. The second-order valence-corrected chi connectivity index (χ2v) is 5.81. The molecule has 1 aromatic heterocycles. The SMILES string of the molecule is O=C(c1ccccc1)N(c1ccc2cnncc2c1)C1C=CC=NC1. The van der Waals surface area contributed by atoms with E-state index in [1.54, 1.807) is 23.5 Å². The number of carbonyl (C=O) groups is 1. The summed E-state index contributed by atoms with van der Waals surface area (Å²) in [6.45, 7) is 0.543. The van der Waals surface area contributed by atoms with Gasteiger partial charge in [0.2, 0.25) is 0 Å². The van der Waals surface area contributed by atoms with E-state index >= 15 is 0 Å². The maximum atomic E-state index is 13.2. The fourth-order valence-electron chi connectivity index (χ4n) is 2.95. The summed E-state index contributed by atoms with van der Waals surface area (Å²) in [7, 11) is 0. The van der Waals surface area contributed by atoms with Gasteiger partial charge in [-0.25, -0.2) is 0 Å². The number of rotatable bonds is 3. The lowest BCUT2D eigenvalue weighted by Crippen LogP contribution is -2.42. The van der Waals surface area contributed by atoms with Crippen LogP contribution in [0.5, 0.6) is 0 Å². The van der Waals surface area contributed by atoms with Gasteiger partial charge in [0.1, 0.15) is 0 Å². The van der Waals surface area contributed by atoms with Crippen LogP contribution in [0.1, 0.15) is 10.4 Å². The molecule has 3 aromatic rings. The highest BCUT2D eigenvalue weighted by Gasteiger charge is 2.25. The van der Waals surface area contributed by atoms with Gasteiger partial charge in [0, 0.05) is 28.2 Å². The lowest BCUT2D eigenvalue weighted by atomic mass is 10.1. The van der Waals surface area contributed by atoms with Crippen molar-refractivity contribution in [3.8, 4) is 0 Å². The van der Waals surface area contributed by atoms with Gasteiger partial charge in [-0.05, 0) is 30.3 Å². The Kier molecular flexibility index (Phi) is 4.04. The van der Waals surface area contributed by atoms with E-state index in [-0.39, 0.29) is 11.9 Å². The van der Waals surface area contributed by atoms with E-state index in [1.807, 2.05) is 60.7 Å². The van der Waals surface area contributed by atoms with Crippen LogP contribution in [0.2, 0.25) is 0 Å². The molecule has 25 heavy (non-hydrogen) atoms. The fourth-order valence-corrected chi connectivity index (χ4v) is 2.95. The summed E-state index contributed by atoms with van der Waals surface area (Å²) in [6.07, 6.45) is 9.07. The van der Waals surface area contributed by atoms with Crippen LogP contribution in [0.3, 0.4) is 0 Å². The molecule has 0 fully saturated rings. The molecule has 0 saturated heterocycles. The Labute approximate surface area is 145 Å². The molecule has 4 rings (SSSR count). The molecule has 1 amide bonds. The third-order valence-electron chi connectivity index (χ3n) is 4.20. The van der Waals surface area contributed by atoms with Crippen molar-refractivity contribution in [1.82, 2.24) is 10.2 Å². The number of hydrogen-bond acceptors (Lipinski definition) is 4. The van der Waals surface area contributed by atoms with Gasteiger partial charge >= 0.3 is 0 Å². The average Bonchev–Trinajstić information content (AvgIpc) is 2.69. The third-order valence-corrected chi connectivity index (χ3v) is 4.20.